The van der Waals surface area contributed by atoms with Crippen molar-refractivity contribution in [3.63, 3.8) is 0 Å². The molecule has 0 aromatic carbocycles. The highest BCUT2D eigenvalue weighted by Crippen LogP contribution is 2.20. The predicted molar refractivity (Wildman–Crippen MR) is 196 cm³/mol. The number of nitrogens with zero attached hydrogens (tertiary/aromatic N) is 1. The Morgan fingerprint density at radius 2 is 1.25 bits per heavy atom. The number of rotatable bonds is 21. The average molecular weight is 786 g/mol. The van der Waals surface area contributed by atoms with Crippen molar-refractivity contribution in [3.05, 3.63) is 0 Å². The van der Waals surface area contributed by atoms with Crippen LogP contribution in [0.4, 0.5) is 0 Å². The summed E-state index contributed by atoms with van der Waals surface area (Å²) in [5.41, 5.74) is 10.6. The van der Waals surface area contributed by atoms with Crippen LogP contribution in [0.5, 0.6) is 0 Å². The summed E-state index contributed by atoms with van der Waals surface area (Å²) in [5.74, 6) is -8.57. The third kappa shape index (κ3) is 19.5. The van der Waals surface area contributed by atoms with Gasteiger partial charge < -0.3 is 58.5 Å². The van der Waals surface area contributed by atoms with E-state index in [0.717, 1.165) is 6.92 Å². The zero-order valence-corrected chi connectivity index (χ0v) is 32.6. The van der Waals surface area contributed by atoms with E-state index in [4.69, 9.17) is 26.5 Å². The summed E-state index contributed by atoms with van der Waals surface area (Å²) in [5, 5.41) is 31.4. The number of carbonyl (C=O) groups excluding carboxylic acids is 8. The molecule has 0 aliphatic carbocycles. The lowest BCUT2D eigenvalue weighted by molar-refractivity contribution is -0.143. The highest BCUT2D eigenvalue weighted by Gasteiger charge is 2.39. The van der Waals surface area contributed by atoms with Crippen LogP contribution in [0.2, 0.25) is 0 Å². The molecular weight excluding hydrogens is 726 g/mol. The van der Waals surface area contributed by atoms with Gasteiger partial charge in [-0.25, -0.2) is 0 Å². The van der Waals surface area contributed by atoms with E-state index in [1.54, 1.807) is 27.7 Å². The van der Waals surface area contributed by atoms with Crippen LogP contribution in [0.25, 0.3) is 0 Å². The van der Waals surface area contributed by atoms with Crippen molar-refractivity contribution in [2.75, 3.05) is 26.2 Å². The van der Waals surface area contributed by atoms with Crippen molar-refractivity contribution in [2.45, 2.75) is 111 Å². The Labute approximate surface area is 320 Å². The Hall–Kier alpha value is -5.34. The molecule has 0 radical (unpaired) electrons. The molecule has 12 N–H and O–H groups in total. The van der Waals surface area contributed by atoms with Crippen LogP contribution in [0.1, 0.15) is 80.6 Å². The third-order valence-electron chi connectivity index (χ3n) is 8.03. The van der Waals surface area contributed by atoms with Gasteiger partial charge in [0, 0.05) is 19.9 Å². The van der Waals surface area contributed by atoms with E-state index in [-0.39, 0.29) is 44.7 Å². The van der Waals surface area contributed by atoms with Gasteiger partial charge in [-0.3, -0.25) is 47.9 Å². The number of nitrogens with two attached hydrogens (primary N) is 2. The summed E-state index contributed by atoms with van der Waals surface area (Å²) < 4.78 is 0. The topological polar surface area (TPSA) is 339 Å². The molecule has 1 fully saturated rings. The third-order valence-corrected chi connectivity index (χ3v) is 8.03. The summed E-state index contributed by atoms with van der Waals surface area (Å²) in [6, 6.07) is -5.73. The number of carboxylic acids is 2. The van der Waals surface area contributed by atoms with Gasteiger partial charge in [-0.15, -0.1) is 0 Å². The second-order valence-corrected chi connectivity index (χ2v) is 14.1. The molecule has 0 bridgehead atoms. The molecule has 21 nitrogen and oxygen atoms in total. The number of aliphatic carboxylic acids is 2. The van der Waals surface area contributed by atoms with Crippen LogP contribution in [0.3, 0.4) is 0 Å². The Morgan fingerprint density at radius 3 is 1.73 bits per heavy atom. The van der Waals surface area contributed by atoms with Crippen molar-refractivity contribution >= 4 is 59.2 Å². The smallest absolute Gasteiger partial charge is 0.322 e. The molecule has 55 heavy (non-hydrogen) atoms. The van der Waals surface area contributed by atoms with E-state index in [1.807, 2.05) is 13.8 Å². The molecule has 1 aliphatic heterocycles. The van der Waals surface area contributed by atoms with E-state index in [1.165, 1.54) is 4.90 Å². The molecule has 8 amide bonds. The lowest BCUT2D eigenvalue weighted by Gasteiger charge is -2.31. The molecule has 0 saturated carbocycles. The van der Waals surface area contributed by atoms with Gasteiger partial charge in [-0.05, 0) is 43.4 Å². The summed E-state index contributed by atoms with van der Waals surface area (Å²) >= 11 is 0. The lowest BCUT2D eigenvalue weighted by atomic mass is 9.98. The zero-order chi connectivity index (χ0) is 42.6. The molecule has 5 unspecified atom stereocenters. The molecule has 1 aliphatic rings. The second-order valence-electron chi connectivity index (χ2n) is 14.1. The SMILES string of the molecule is CC(=O)O.CC(C)CC(NC(=O)C(NC(=O)CNC(=O)CN)C(C)C)C(=O)NC(C(=O)NC(CCC(N)=O)C(=O)N1CCCC1C(=O)NCC(=O)O)C(C)C. The van der Waals surface area contributed by atoms with Gasteiger partial charge >= 0.3 is 5.97 Å². The summed E-state index contributed by atoms with van der Waals surface area (Å²) in [4.78, 5) is 124. The maximum atomic E-state index is 13.7. The normalized spacial score (nSPS) is 15.7. The molecule has 21 heteroatoms. The first kappa shape index (κ1) is 49.7. The van der Waals surface area contributed by atoms with E-state index >= 15 is 0 Å². The predicted octanol–water partition coefficient (Wildman–Crippen LogP) is -3.09. The molecule has 0 aromatic heterocycles. The van der Waals surface area contributed by atoms with Crippen molar-refractivity contribution in [2.24, 2.45) is 29.2 Å². The van der Waals surface area contributed by atoms with Crippen molar-refractivity contribution in [1.82, 2.24) is 36.8 Å². The van der Waals surface area contributed by atoms with Gasteiger partial charge in [-0.1, -0.05) is 41.5 Å². The van der Waals surface area contributed by atoms with E-state index in [0.29, 0.717) is 6.42 Å². The van der Waals surface area contributed by atoms with Gasteiger partial charge in [0.25, 0.3) is 5.97 Å². The first-order valence-electron chi connectivity index (χ1n) is 18.0. The van der Waals surface area contributed by atoms with Crippen LogP contribution < -0.4 is 43.4 Å². The minimum absolute atomic E-state index is 0.0946. The molecule has 1 saturated heterocycles. The number of primary amides is 1. The van der Waals surface area contributed by atoms with Crippen LogP contribution in [-0.2, 0) is 47.9 Å². The Morgan fingerprint density at radius 1 is 0.727 bits per heavy atom. The van der Waals surface area contributed by atoms with Crippen LogP contribution in [-0.4, -0.2) is 131 Å². The second kappa shape index (κ2) is 24.9. The Bertz CT molecular complexity index is 1380. The van der Waals surface area contributed by atoms with Gasteiger partial charge in [-0.2, -0.15) is 0 Å². The largest absolute Gasteiger partial charge is 0.481 e. The minimum atomic E-state index is -1.31. The number of hydrogen-bond acceptors (Lipinski definition) is 11. The highest BCUT2D eigenvalue weighted by atomic mass is 16.4. The van der Waals surface area contributed by atoms with E-state index < -0.39 is 114 Å². The number of nitrogens with one attached hydrogen (secondary N) is 6. The van der Waals surface area contributed by atoms with Gasteiger partial charge in [0.15, 0.2) is 0 Å². The monoisotopic (exact) mass is 785 g/mol. The average Bonchev–Trinajstić information content (AvgIpc) is 3.57. The number of amides is 8. The minimum Gasteiger partial charge on any atom is -0.481 e. The van der Waals surface area contributed by atoms with Crippen molar-refractivity contribution < 1.29 is 58.2 Å². The molecule has 0 aromatic rings. The Kier molecular flexibility index (Phi) is 22.5. The van der Waals surface area contributed by atoms with E-state index in [2.05, 4.69) is 31.9 Å². The van der Waals surface area contributed by atoms with Crippen molar-refractivity contribution in [3.8, 4) is 0 Å². The van der Waals surface area contributed by atoms with Gasteiger partial charge in [0.1, 0.15) is 36.8 Å². The van der Waals surface area contributed by atoms with Crippen LogP contribution >= 0.6 is 0 Å². The fourth-order valence-electron chi connectivity index (χ4n) is 5.35. The van der Waals surface area contributed by atoms with E-state index in [9.17, 15) is 43.2 Å². The van der Waals surface area contributed by atoms with Crippen LogP contribution in [0.15, 0.2) is 0 Å². The first-order valence-corrected chi connectivity index (χ1v) is 18.0. The van der Waals surface area contributed by atoms with Crippen molar-refractivity contribution in [1.29, 1.82) is 0 Å². The van der Waals surface area contributed by atoms with Gasteiger partial charge in [0.05, 0.1) is 13.1 Å². The maximum Gasteiger partial charge on any atom is 0.322 e. The first-order chi connectivity index (χ1) is 25.5. The number of carbonyl (C=O) groups is 10. The van der Waals surface area contributed by atoms with Crippen LogP contribution in [0, 0.1) is 17.8 Å². The standard InChI is InChI=1S/C32H55N9O10.C2H4O2/c1-16(2)12-20(38-30(49)26(17(3)4)39-24(44)14-35-23(43)13-33)28(47)40-27(18(5)6)31(50)37-19(9-10-22(34)42)32(51)41-11-7-8-21(41)29(48)36-15-25(45)46;1-2(3)4/h16-21,26-27H,7-15,33H2,1-6H3,(H2,34,42)(H,35,43)(H,36,48)(H,37,50)(H,38,49)(H,39,44)(H,40,47)(H,45,46);1H3,(H,3,4). The molecule has 312 valence electrons. The fraction of sp³-hybridized carbons (Fsp3) is 0.706. The molecule has 1 heterocycles. The number of hydrogen-bond donors (Lipinski definition) is 10. The summed E-state index contributed by atoms with van der Waals surface area (Å²) in [7, 11) is 0. The molecule has 0 spiro atoms. The van der Waals surface area contributed by atoms with Gasteiger partial charge in [0.2, 0.25) is 47.3 Å². The number of carboxylic acid groups (broad SMARTS) is 2. The lowest BCUT2D eigenvalue weighted by Crippen LogP contribution is -2.61. The molecule has 5 atom stereocenters. The fourth-order valence-corrected chi connectivity index (χ4v) is 5.35. The number of likely N-dealkylation sites (tertiary alicyclic amines) is 1. The molecule has 1 rings (SSSR count). The highest BCUT2D eigenvalue weighted by molar-refractivity contribution is 5.97. The molecular formula is C34H59N9O12. The summed E-state index contributed by atoms with van der Waals surface area (Å²) in [6.07, 6.45) is 0.369. The zero-order valence-electron chi connectivity index (χ0n) is 32.6. The quantitative estimate of drug-likeness (QED) is 0.0552. The Balaban J connectivity index is 0.00000692. The summed E-state index contributed by atoms with van der Waals surface area (Å²) in [6.45, 7) is 10.2. The maximum absolute atomic E-state index is 13.7.